The second kappa shape index (κ2) is 12.0. The maximum atomic E-state index is 13.6. The summed E-state index contributed by atoms with van der Waals surface area (Å²) >= 11 is 6.37. The maximum absolute atomic E-state index is 13.6. The van der Waals surface area contributed by atoms with Crippen molar-refractivity contribution < 1.29 is 28.0 Å². The highest BCUT2D eigenvalue weighted by atomic mass is 35.5. The van der Waals surface area contributed by atoms with Gasteiger partial charge in [-0.1, -0.05) is 41.9 Å². The number of amides is 3. The van der Waals surface area contributed by atoms with Crippen LogP contribution in [-0.4, -0.2) is 31.4 Å². The standard InChI is InChI=1S/C27H24ClN3O6/c1-35-22-12-11-19(15-21(22)28)31(24(32)17-30-26(33)23-10-6-14-37-23)25(18-7-3-2-4-8-18)27(34)29-16-20-9-5-13-36-20/h2-15,25H,16-17H2,1H3,(H,29,34)(H,30,33)/t25-/m1/s1. The lowest BCUT2D eigenvalue weighted by Crippen LogP contribution is -2.47. The summed E-state index contributed by atoms with van der Waals surface area (Å²) in [4.78, 5) is 40.9. The van der Waals surface area contributed by atoms with Crippen molar-refractivity contribution >= 4 is 35.0 Å². The first kappa shape index (κ1) is 25.6. The van der Waals surface area contributed by atoms with Crippen molar-refractivity contribution in [3.63, 3.8) is 0 Å². The largest absolute Gasteiger partial charge is 0.495 e. The molecular weight excluding hydrogens is 498 g/mol. The third-order valence-electron chi connectivity index (χ3n) is 5.47. The number of rotatable bonds is 10. The van der Waals surface area contributed by atoms with Crippen LogP contribution in [0.15, 0.2) is 94.2 Å². The summed E-state index contributed by atoms with van der Waals surface area (Å²) in [6, 6.07) is 19.0. The molecule has 0 aliphatic carbocycles. The number of furan rings is 2. The molecular formula is C27H24ClN3O6. The Labute approximate surface area is 218 Å². The average Bonchev–Trinajstić information content (AvgIpc) is 3.64. The fraction of sp³-hybridized carbons (Fsp3) is 0.148. The summed E-state index contributed by atoms with van der Waals surface area (Å²) in [5.41, 5.74) is 0.891. The third-order valence-corrected chi connectivity index (χ3v) is 5.76. The van der Waals surface area contributed by atoms with Crippen molar-refractivity contribution in [3.05, 3.63) is 107 Å². The molecule has 0 radical (unpaired) electrons. The van der Waals surface area contributed by atoms with E-state index in [4.69, 9.17) is 25.2 Å². The lowest BCUT2D eigenvalue weighted by Gasteiger charge is -2.32. The van der Waals surface area contributed by atoms with Crippen LogP contribution in [0.25, 0.3) is 0 Å². The summed E-state index contributed by atoms with van der Waals surface area (Å²) in [5.74, 6) is -0.561. The number of carbonyl (C=O) groups excluding carboxylic acids is 3. The van der Waals surface area contributed by atoms with Gasteiger partial charge in [-0.15, -0.1) is 0 Å². The average molecular weight is 522 g/mol. The van der Waals surface area contributed by atoms with Crippen LogP contribution in [0.5, 0.6) is 5.75 Å². The zero-order valence-electron chi connectivity index (χ0n) is 19.8. The van der Waals surface area contributed by atoms with Crippen LogP contribution in [0.1, 0.15) is 27.9 Å². The number of benzene rings is 2. The minimum atomic E-state index is -1.09. The van der Waals surface area contributed by atoms with E-state index in [0.29, 0.717) is 22.8 Å². The van der Waals surface area contributed by atoms with Crippen LogP contribution in [0.3, 0.4) is 0 Å². The van der Waals surface area contributed by atoms with Gasteiger partial charge in [-0.3, -0.25) is 19.3 Å². The van der Waals surface area contributed by atoms with E-state index in [1.807, 2.05) is 0 Å². The third kappa shape index (κ3) is 6.20. The predicted molar refractivity (Wildman–Crippen MR) is 136 cm³/mol. The SMILES string of the molecule is COc1ccc(N(C(=O)CNC(=O)c2ccco2)[C@@H](C(=O)NCc2ccco2)c2ccccc2)cc1Cl. The normalized spacial score (nSPS) is 11.4. The van der Waals surface area contributed by atoms with Crippen molar-refractivity contribution in [2.45, 2.75) is 12.6 Å². The first-order chi connectivity index (χ1) is 18.0. The molecule has 10 heteroatoms. The van der Waals surface area contributed by atoms with Gasteiger partial charge in [0.25, 0.3) is 5.91 Å². The fourth-order valence-corrected chi connectivity index (χ4v) is 3.97. The number of hydrogen-bond acceptors (Lipinski definition) is 6. The summed E-state index contributed by atoms with van der Waals surface area (Å²) < 4.78 is 15.7. The van der Waals surface area contributed by atoms with Crippen molar-refractivity contribution in [3.8, 4) is 5.75 Å². The van der Waals surface area contributed by atoms with Gasteiger partial charge < -0.3 is 24.2 Å². The van der Waals surface area contributed by atoms with Gasteiger partial charge in [-0.2, -0.15) is 0 Å². The number of hydrogen-bond donors (Lipinski definition) is 2. The van der Waals surface area contributed by atoms with E-state index in [2.05, 4.69) is 10.6 Å². The summed E-state index contributed by atoms with van der Waals surface area (Å²) in [7, 11) is 1.48. The molecule has 0 unspecified atom stereocenters. The van der Waals surface area contributed by atoms with Gasteiger partial charge in [0.05, 0.1) is 37.7 Å². The Bertz CT molecular complexity index is 1340. The summed E-state index contributed by atoms with van der Waals surface area (Å²) in [6.45, 7) is -0.284. The second-order valence-corrected chi connectivity index (χ2v) is 8.26. The quantitative estimate of drug-likeness (QED) is 0.320. The number of nitrogens with one attached hydrogen (secondary N) is 2. The minimum absolute atomic E-state index is 0.0580. The number of ether oxygens (including phenoxy) is 1. The molecule has 2 aromatic carbocycles. The van der Waals surface area contributed by atoms with Crippen LogP contribution in [0.4, 0.5) is 5.69 Å². The first-order valence-corrected chi connectivity index (χ1v) is 11.7. The molecule has 9 nitrogen and oxygen atoms in total. The molecule has 4 aromatic rings. The molecule has 0 bridgehead atoms. The lowest BCUT2D eigenvalue weighted by molar-refractivity contribution is -0.126. The van der Waals surface area contributed by atoms with E-state index in [9.17, 15) is 14.4 Å². The van der Waals surface area contributed by atoms with E-state index in [-0.39, 0.29) is 17.3 Å². The topological polar surface area (TPSA) is 114 Å². The lowest BCUT2D eigenvalue weighted by atomic mass is 10.0. The Morgan fingerprint density at radius 2 is 1.70 bits per heavy atom. The van der Waals surface area contributed by atoms with Crippen LogP contribution in [0.2, 0.25) is 5.02 Å². The van der Waals surface area contributed by atoms with E-state index < -0.39 is 30.3 Å². The predicted octanol–water partition coefficient (Wildman–Crippen LogP) is 4.36. The number of halogens is 1. The van der Waals surface area contributed by atoms with Gasteiger partial charge in [0.1, 0.15) is 17.6 Å². The van der Waals surface area contributed by atoms with E-state index in [1.54, 1.807) is 60.7 Å². The van der Waals surface area contributed by atoms with Gasteiger partial charge in [0.15, 0.2) is 5.76 Å². The van der Waals surface area contributed by atoms with Crippen LogP contribution >= 0.6 is 11.6 Å². The molecule has 2 N–H and O–H groups in total. The maximum Gasteiger partial charge on any atom is 0.287 e. The summed E-state index contributed by atoms with van der Waals surface area (Å²) in [6.07, 6.45) is 2.87. The molecule has 0 spiro atoms. The van der Waals surface area contributed by atoms with Gasteiger partial charge in [-0.25, -0.2) is 0 Å². The smallest absolute Gasteiger partial charge is 0.287 e. The highest BCUT2D eigenvalue weighted by molar-refractivity contribution is 6.32. The van der Waals surface area contributed by atoms with Crippen LogP contribution in [0, 0.1) is 0 Å². The minimum Gasteiger partial charge on any atom is -0.495 e. The molecule has 0 saturated heterocycles. The number of methoxy groups -OCH3 is 1. The van der Waals surface area contributed by atoms with Gasteiger partial charge in [-0.05, 0) is 48.0 Å². The van der Waals surface area contributed by atoms with Crippen molar-refractivity contribution in [2.24, 2.45) is 0 Å². The molecule has 0 aliphatic heterocycles. The van der Waals surface area contributed by atoms with E-state index in [0.717, 1.165) is 0 Å². The molecule has 0 saturated carbocycles. The Hall–Kier alpha value is -4.50. The Kier molecular flexibility index (Phi) is 8.27. The molecule has 2 aromatic heterocycles. The Morgan fingerprint density at radius 3 is 2.35 bits per heavy atom. The van der Waals surface area contributed by atoms with Gasteiger partial charge in [0, 0.05) is 5.69 Å². The van der Waals surface area contributed by atoms with Crippen molar-refractivity contribution in [1.82, 2.24) is 10.6 Å². The number of anilines is 1. The van der Waals surface area contributed by atoms with E-state index >= 15 is 0 Å². The molecule has 190 valence electrons. The molecule has 1 atom stereocenters. The number of carbonyl (C=O) groups is 3. The molecule has 0 fully saturated rings. The van der Waals surface area contributed by atoms with Crippen LogP contribution in [-0.2, 0) is 16.1 Å². The second-order valence-electron chi connectivity index (χ2n) is 7.85. The van der Waals surface area contributed by atoms with Crippen molar-refractivity contribution in [2.75, 3.05) is 18.6 Å². The van der Waals surface area contributed by atoms with Gasteiger partial charge in [0.2, 0.25) is 11.8 Å². The molecule has 0 aliphatic rings. The van der Waals surface area contributed by atoms with Crippen LogP contribution < -0.4 is 20.3 Å². The monoisotopic (exact) mass is 521 g/mol. The van der Waals surface area contributed by atoms with Crippen molar-refractivity contribution in [1.29, 1.82) is 0 Å². The fourth-order valence-electron chi connectivity index (χ4n) is 3.72. The summed E-state index contributed by atoms with van der Waals surface area (Å²) in [5, 5.41) is 5.62. The highest BCUT2D eigenvalue weighted by Crippen LogP contribution is 2.34. The zero-order valence-corrected chi connectivity index (χ0v) is 20.6. The molecule has 37 heavy (non-hydrogen) atoms. The zero-order chi connectivity index (χ0) is 26.2. The number of nitrogens with zero attached hydrogens (tertiary/aromatic N) is 1. The highest BCUT2D eigenvalue weighted by Gasteiger charge is 2.33. The molecule has 2 heterocycles. The molecule has 4 rings (SSSR count). The Morgan fingerprint density at radius 1 is 0.946 bits per heavy atom. The molecule has 3 amide bonds. The Balaban J connectivity index is 1.69. The first-order valence-electron chi connectivity index (χ1n) is 11.3. The van der Waals surface area contributed by atoms with Gasteiger partial charge >= 0.3 is 0 Å². The van der Waals surface area contributed by atoms with E-state index in [1.165, 1.54) is 36.7 Å².